The second-order valence-corrected chi connectivity index (χ2v) is 5.44. The summed E-state index contributed by atoms with van der Waals surface area (Å²) in [6.45, 7) is 1.44. The van der Waals surface area contributed by atoms with E-state index < -0.39 is 5.60 Å². The van der Waals surface area contributed by atoms with E-state index in [0.29, 0.717) is 5.39 Å². The first kappa shape index (κ1) is 13.1. The number of rotatable bonds is 2. The van der Waals surface area contributed by atoms with Gasteiger partial charge in [-0.25, -0.2) is 4.39 Å². The maximum absolute atomic E-state index is 13.9. The lowest BCUT2D eigenvalue weighted by Gasteiger charge is -2.30. The zero-order valence-corrected chi connectivity index (χ0v) is 11.5. The minimum atomic E-state index is -0.584. The molecule has 3 heteroatoms. The molecular formula is C17H17FO2. The van der Waals surface area contributed by atoms with E-state index in [1.807, 2.05) is 18.2 Å². The van der Waals surface area contributed by atoms with Crippen LogP contribution in [-0.2, 0) is 15.1 Å². The monoisotopic (exact) mass is 272 g/mol. The molecule has 0 saturated heterocycles. The smallest absolute Gasteiger partial charge is 0.303 e. The van der Waals surface area contributed by atoms with Gasteiger partial charge in [0.05, 0.1) is 0 Å². The van der Waals surface area contributed by atoms with E-state index in [1.165, 1.54) is 13.0 Å². The van der Waals surface area contributed by atoms with Crippen LogP contribution in [0.3, 0.4) is 0 Å². The molecule has 1 fully saturated rings. The maximum atomic E-state index is 13.9. The largest absolute Gasteiger partial charge is 0.454 e. The molecule has 2 aromatic rings. The summed E-state index contributed by atoms with van der Waals surface area (Å²) in [4.78, 5) is 11.5. The van der Waals surface area contributed by atoms with E-state index in [4.69, 9.17) is 4.74 Å². The lowest BCUT2D eigenvalue weighted by molar-refractivity contribution is -0.157. The van der Waals surface area contributed by atoms with E-state index in [9.17, 15) is 9.18 Å². The molecule has 0 amide bonds. The summed E-state index contributed by atoms with van der Waals surface area (Å²) in [6, 6.07) is 10.6. The summed E-state index contributed by atoms with van der Waals surface area (Å²) in [5, 5.41) is 1.43. The third kappa shape index (κ3) is 2.07. The maximum Gasteiger partial charge on any atom is 0.303 e. The highest BCUT2D eigenvalue weighted by Crippen LogP contribution is 2.45. The Kier molecular flexibility index (Phi) is 3.20. The van der Waals surface area contributed by atoms with Crippen LogP contribution >= 0.6 is 0 Å². The average molecular weight is 272 g/mol. The van der Waals surface area contributed by atoms with Crippen molar-refractivity contribution >= 4 is 16.7 Å². The van der Waals surface area contributed by atoms with Crippen molar-refractivity contribution in [3.05, 3.63) is 47.8 Å². The van der Waals surface area contributed by atoms with Gasteiger partial charge < -0.3 is 4.74 Å². The molecule has 104 valence electrons. The molecule has 0 bridgehead atoms. The summed E-state index contributed by atoms with van der Waals surface area (Å²) in [6.07, 6.45) is 3.67. The molecule has 1 aliphatic rings. The normalized spacial score (nSPS) is 17.3. The Hall–Kier alpha value is -1.90. The highest BCUT2D eigenvalue weighted by Gasteiger charge is 2.40. The number of benzene rings is 2. The number of carbonyl (C=O) groups excluding carboxylic acids is 1. The van der Waals surface area contributed by atoms with Gasteiger partial charge in [0, 0.05) is 17.9 Å². The average Bonchev–Trinajstić information content (AvgIpc) is 2.88. The van der Waals surface area contributed by atoms with Crippen molar-refractivity contribution in [1.82, 2.24) is 0 Å². The Morgan fingerprint density at radius 2 is 1.75 bits per heavy atom. The predicted octanol–water partition coefficient (Wildman–Crippen LogP) is 4.31. The molecule has 0 spiro atoms. The Balaban J connectivity index is 2.22. The molecule has 0 heterocycles. The fourth-order valence-corrected chi connectivity index (χ4v) is 3.31. The van der Waals surface area contributed by atoms with Crippen LogP contribution in [0.25, 0.3) is 10.8 Å². The van der Waals surface area contributed by atoms with Crippen molar-refractivity contribution < 1.29 is 13.9 Å². The molecule has 3 rings (SSSR count). The fraction of sp³-hybridized carbons (Fsp3) is 0.353. The lowest BCUT2D eigenvalue weighted by atomic mass is 9.87. The first-order valence-corrected chi connectivity index (χ1v) is 7.00. The van der Waals surface area contributed by atoms with E-state index in [-0.39, 0.29) is 11.8 Å². The zero-order chi connectivity index (χ0) is 14.2. The highest BCUT2D eigenvalue weighted by atomic mass is 19.1. The van der Waals surface area contributed by atoms with Crippen LogP contribution in [0.1, 0.15) is 38.2 Å². The Labute approximate surface area is 117 Å². The van der Waals surface area contributed by atoms with E-state index in [1.54, 1.807) is 12.1 Å². The topological polar surface area (TPSA) is 26.3 Å². The highest BCUT2D eigenvalue weighted by molar-refractivity contribution is 5.87. The van der Waals surface area contributed by atoms with Crippen molar-refractivity contribution in [3.63, 3.8) is 0 Å². The molecule has 0 aromatic heterocycles. The molecule has 0 aliphatic heterocycles. The van der Waals surface area contributed by atoms with E-state index in [2.05, 4.69) is 0 Å². The number of fused-ring (bicyclic) bond motifs is 1. The van der Waals surface area contributed by atoms with Gasteiger partial charge in [-0.3, -0.25) is 4.79 Å². The summed E-state index contributed by atoms with van der Waals surface area (Å²) >= 11 is 0. The first-order chi connectivity index (χ1) is 9.62. The van der Waals surface area contributed by atoms with Gasteiger partial charge in [0.15, 0.2) is 0 Å². The lowest BCUT2D eigenvalue weighted by Crippen LogP contribution is -2.28. The standard InChI is InChI=1S/C17H17FO2/c1-12(19)20-17(10-4-5-11-17)15-8-9-16(18)14-7-3-2-6-13(14)15/h2-3,6-9H,4-5,10-11H2,1H3. The molecule has 1 saturated carbocycles. The number of hydrogen-bond acceptors (Lipinski definition) is 2. The van der Waals surface area contributed by atoms with Crippen LogP contribution in [0.5, 0.6) is 0 Å². The second-order valence-electron chi connectivity index (χ2n) is 5.44. The SMILES string of the molecule is CC(=O)OC1(c2ccc(F)c3ccccc23)CCCC1. The van der Waals surface area contributed by atoms with Crippen LogP contribution in [0.4, 0.5) is 4.39 Å². The minimum absolute atomic E-state index is 0.236. The number of esters is 1. The van der Waals surface area contributed by atoms with Gasteiger partial charge >= 0.3 is 5.97 Å². The van der Waals surface area contributed by atoms with Gasteiger partial charge in [-0.05, 0) is 37.1 Å². The van der Waals surface area contributed by atoms with Crippen molar-refractivity contribution in [2.24, 2.45) is 0 Å². The van der Waals surface area contributed by atoms with Crippen molar-refractivity contribution in [2.45, 2.75) is 38.2 Å². The molecule has 2 aromatic carbocycles. The van der Waals surface area contributed by atoms with Gasteiger partial charge in [0.25, 0.3) is 0 Å². The number of hydrogen-bond donors (Lipinski definition) is 0. The second kappa shape index (κ2) is 4.89. The van der Waals surface area contributed by atoms with Gasteiger partial charge in [-0.2, -0.15) is 0 Å². The van der Waals surface area contributed by atoms with Crippen molar-refractivity contribution in [2.75, 3.05) is 0 Å². The summed E-state index contributed by atoms with van der Waals surface area (Å²) in [5.41, 5.74) is 0.348. The summed E-state index contributed by atoms with van der Waals surface area (Å²) in [5.74, 6) is -0.513. The van der Waals surface area contributed by atoms with Gasteiger partial charge in [-0.15, -0.1) is 0 Å². The molecule has 0 atom stereocenters. The summed E-state index contributed by atoms with van der Waals surface area (Å²) < 4.78 is 19.6. The minimum Gasteiger partial charge on any atom is -0.454 e. The Bertz CT molecular complexity index is 657. The molecule has 20 heavy (non-hydrogen) atoms. The number of ether oxygens (including phenoxy) is 1. The summed E-state index contributed by atoms with van der Waals surface area (Å²) in [7, 11) is 0. The molecule has 0 unspecified atom stereocenters. The van der Waals surface area contributed by atoms with Gasteiger partial charge in [-0.1, -0.05) is 30.3 Å². The van der Waals surface area contributed by atoms with Crippen molar-refractivity contribution in [3.8, 4) is 0 Å². The molecular weight excluding hydrogens is 255 g/mol. The van der Waals surface area contributed by atoms with Gasteiger partial charge in [0.2, 0.25) is 0 Å². The quantitative estimate of drug-likeness (QED) is 0.761. The van der Waals surface area contributed by atoms with Crippen LogP contribution in [0, 0.1) is 5.82 Å². The molecule has 2 nitrogen and oxygen atoms in total. The zero-order valence-electron chi connectivity index (χ0n) is 11.5. The van der Waals surface area contributed by atoms with Gasteiger partial charge in [0.1, 0.15) is 11.4 Å². The molecule has 0 radical (unpaired) electrons. The molecule has 0 N–H and O–H groups in total. The van der Waals surface area contributed by atoms with E-state index >= 15 is 0 Å². The number of carbonyl (C=O) groups is 1. The fourth-order valence-electron chi connectivity index (χ4n) is 3.31. The Morgan fingerprint density at radius 3 is 2.40 bits per heavy atom. The Morgan fingerprint density at radius 1 is 1.10 bits per heavy atom. The first-order valence-electron chi connectivity index (χ1n) is 7.00. The third-order valence-electron chi connectivity index (χ3n) is 4.11. The number of halogens is 1. The van der Waals surface area contributed by atoms with E-state index in [0.717, 1.165) is 36.6 Å². The van der Waals surface area contributed by atoms with Crippen LogP contribution < -0.4 is 0 Å². The molecule has 1 aliphatic carbocycles. The third-order valence-corrected chi connectivity index (χ3v) is 4.11. The van der Waals surface area contributed by atoms with Crippen LogP contribution in [-0.4, -0.2) is 5.97 Å². The predicted molar refractivity (Wildman–Crippen MR) is 75.8 cm³/mol. The van der Waals surface area contributed by atoms with Crippen LogP contribution in [0.15, 0.2) is 36.4 Å². The van der Waals surface area contributed by atoms with Crippen molar-refractivity contribution in [1.29, 1.82) is 0 Å². The van der Waals surface area contributed by atoms with Crippen LogP contribution in [0.2, 0.25) is 0 Å².